The molecule has 0 aliphatic heterocycles. The lowest BCUT2D eigenvalue weighted by atomic mass is 9.94. The third kappa shape index (κ3) is 12.0. The van der Waals surface area contributed by atoms with Gasteiger partial charge >= 0.3 is 6.09 Å². The first-order valence-electron chi connectivity index (χ1n) is 14.9. The molecule has 0 heterocycles. The highest BCUT2D eigenvalue weighted by molar-refractivity contribution is 5.92. The Morgan fingerprint density at radius 1 is 0.923 bits per heavy atom. The maximum Gasteiger partial charge on any atom is 0.408 e. The van der Waals surface area contributed by atoms with Crippen LogP contribution in [0, 0.1) is 19.8 Å². The van der Waals surface area contributed by atoms with Crippen LogP contribution in [0.4, 0.5) is 4.79 Å². The van der Waals surface area contributed by atoms with Crippen molar-refractivity contribution >= 4 is 17.9 Å². The van der Waals surface area contributed by atoms with Crippen LogP contribution in [-0.2, 0) is 14.3 Å². The van der Waals surface area contributed by atoms with Gasteiger partial charge in [0.25, 0.3) is 0 Å². The van der Waals surface area contributed by atoms with Crippen LogP contribution in [0.25, 0.3) is 0 Å². The van der Waals surface area contributed by atoms with Gasteiger partial charge in [-0.15, -0.1) is 0 Å². The maximum absolute atomic E-state index is 14.3. The Balaban J connectivity index is 3.55. The minimum Gasteiger partial charge on any atom is -0.444 e. The number of carbonyl (C=O) groups is 3. The molecule has 0 bridgehead atoms. The van der Waals surface area contributed by atoms with E-state index in [1.54, 1.807) is 25.7 Å². The second-order valence-electron chi connectivity index (χ2n) is 12.3. The van der Waals surface area contributed by atoms with Gasteiger partial charge in [-0.25, -0.2) is 4.79 Å². The van der Waals surface area contributed by atoms with Crippen molar-refractivity contribution in [3.63, 3.8) is 0 Å². The molecular weight excluding hydrogens is 490 g/mol. The number of carbonyl (C=O) groups excluding carboxylic acids is 3. The molecule has 1 aromatic rings. The molecule has 0 saturated heterocycles. The van der Waals surface area contributed by atoms with E-state index in [1.807, 2.05) is 52.8 Å². The zero-order valence-corrected chi connectivity index (χ0v) is 26.3. The summed E-state index contributed by atoms with van der Waals surface area (Å²) < 4.78 is 5.48. The fourth-order valence-corrected chi connectivity index (χ4v) is 4.71. The van der Waals surface area contributed by atoms with Gasteiger partial charge in [-0.2, -0.15) is 0 Å². The molecule has 7 nitrogen and oxygen atoms in total. The number of alkyl carbamates (subject to hydrolysis) is 1. The SMILES string of the molecule is CCCCCCCN(C(=O)C(NC(=O)OC(C)(C)C)C(C)C)C(C(=O)NC(C)CCC)c1cc(C)ccc1C. The zero-order chi connectivity index (χ0) is 29.8. The molecule has 0 saturated carbocycles. The summed E-state index contributed by atoms with van der Waals surface area (Å²) in [5, 5.41) is 5.98. The summed E-state index contributed by atoms with van der Waals surface area (Å²) in [6.07, 6.45) is 6.26. The Kier molecular flexibility index (Phi) is 14.6. The van der Waals surface area contributed by atoms with Crippen LogP contribution in [0.3, 0.4) is 0 Å². The minimum absolute atomic E-state index is 0.0163. The van der Waals surface area contributed by atoms with Crippen molar-refractivity contribution < 1.29 is 19.1 Å². The normalized spacial score (nSPS) is 13.9. The number of amides is 3. The number of rotatable bonds is 15. The van der Waals surface area contributed by atoms with E-state index in [0.717, 1.165) is 61.6 Å². The van der Waals surface area contributed by atoms with Crippen LogP contribution in [0.1, 0.15) is 123 Å². The Morgan fingerprint density at radius 2 is 1.56 bits per heavy atom. The molecule has 0 aliphatic rings. The van der Waals surface area contributed by atoms with Crippen LogP contribution in [0.5, 0.6) is 0 Å². The molecule has 7 heteroatoms. The van der Waals surface area contributed by atoms with E-state index in [0.29, 0.717) is 6.54 Å². The number of unbranched alkanes of at least 4 members (excludes halogenated alkanes) is 4. The van der Waals surface area contributed by atoms with Crippen molar-refractivity contribution in [3.8, 4) is 0 Å². The fourth-order valence-electron chi connectivity index (χ4n) is 4.71. The molecule has 1 aromatic carbocycles. The summed E-state index contributed by atoms with van der Waals surface area (Å²) in [7, 11) is 0. The third-order valence-corrected chi connectivity index (χ3v) is 6.79. The Labute approximate surface area is 237 Å². The largest absolute Gasteiger partial charge is 0.444 e. The molecule has 3 atom stereocenters. The van der Waals surface area contributed by atoms with Crippen molar-refractivity contribution in [1.29, 1.82) is 0 Å². The number of ether oxygens (including phenoxy) is 1. The smallest absolute Gasteiger partial charge is 0.408 e. The highest BCUT2D eigenvalue weighted by Gasteiger charge is 2.38. The van der Waals surface area contributed by atoms with Crippen molar-refractivity contribution in [2.24, 2.45) is 5.92 Å². The van der Waals surface area contributed by atoms with Gasteiger partial charge in [0, 0.05) is 12.6 Å². The second kappa shape index (κ2) is 16.5. The molecule has 39 heavy (non-hydrogen) atoms. The molecule has 0 radical (unpaired) electrons. The number of aryl methyl sites for hydroxylation is 2. The standard InChI is InChI=1S/C32H55N3O4/c1-11-13-14-15-16-20-35(30(37)27(22(3)4)34-31(38)39-32(8,9)10)28(29(36)33-25(7)17-12-2)26-21-23(5)18-19-24(26)6/h18-19,21-22,25,27-28H,11-17,20H2,1-10H3,(H,33,36)(H,34,38). The van der Waals surface area contributed by atoms with Gasteiger partial charge < -0.3 is 20.3 Å². The quantitative estimate of drug-likeness (QED) is 0.232. The second-order valence-corrected chi connectivity index (χ2v) is 12.3. The predicted molar refractivity (Wildman–Crippen MR) is 160 cm³/mol. The third-order valence-electron chi connectivity index (χ3n) is 6.79. The zero-order valence-electron chi connectivity index (χ0n) is 26.3. The van der Waals surface area contributed by atoms with Gasteiger partial charge in [0.05, 0.1) is 0 Å². The Hall–Kier alpha value is -2.57. The van der Waals surface area contributed by atoms with Crippen molar-refractivity contribution in [3.05, 3.63) is 34.9 Å². The molecule has 0 fully saturated rings. The number of nitrogens with zero attached hydrogens (tertiary/aromatic N) is 1. The summed E-state index contributed by atoms with van der Waals surface area (Å²) in [5.74, 6) is -0.657. The van der Waals surface area contributed by atoms with E-state index in [9.17, 15) is 14.4 Å². The fraction of sp³-hybridized carbons (Fsp3) is 0.719. The number of nitrogens with one attached hydrogen (secondary N) is 2. The van der Waals surface area contributed by atoms with Crippen LogP contribution in [0.15, 0.2) is 18.2 Å². The van der Waals surface area contributed by atoms with E-state index in [4.69, 9.17) is 4.74 Å². The maximum atomic E-state index is 14.3. The average molecular weight is 546 g/mol. The first-order chi connectivity index (χ1) is 18.2. The van der Waals surface area contributed by atoms with Crippen LogP contribution < -0.4 is 10.6 Å². The number of hydrogen-bond acceptors (Lipinski definition) is 4. The summed E-state index contributed by atoms with van der Waals surface area (Å²) in [5.41, 5.74) is 2.11. The monoisotopic (exact) mass is 545 g/mol. The van der Waals surface area contributed by atoms with E-state index >= 15 is 0 Å². The van der Waals surface area contributed by atoms with E-state index in [-0.39, 0.29) is 23.8 Å². The molecular formula is C32H55N3O4. The lowest BCUT2D eigenvalue weighted by Crippen LogP contribution is -2.55. The first-order valence-corrected chi connectivity index (χ1v) is 14.9. The first kappa shape index (κ1) is 34.5. The molecule has 1 rings (SSSR count). The van der Waals surface area contributed by atoms with Crippen molar-refractivity contribution in [1.82, 2.24) is 15.5 Å². The molecule has 3 unspecified atom stereocenters. The van der Waals surface area contributed by atoms with Gasteiger partial charge in [0.15, 0.2) is 0 Å². The molecule has 2 N–H and O–H groups in total. The van der Waals surface area contributed by atoms with Gasteiger partial charge in [-0.3, -0.25) is 9.59 Å². The van der Waals surface area contributed by atoms with E-state index in [2.05, 4.69) is 24.5 Å². The van der Waals surface area contributed by atoms with Crippen molar-refractivity contribution in [2.45, 2.75) is 138 Å². The highest BCUT2D eigenvalue weighted by atomic mass is 16.6. The lowest BCUT2D eigenvalue weighted by Gasteiger charge is -2.36. The Bertz CT molecular complexity index is 922. The molecule has 0 spiro atoms. The summed E-state index contributed by atoms with van der Waals surface area (Å²) >= 11 is 0. The highest BCUT2D eigenvalue weighted by Crippen LogP contribution is 2.28. The predicted octanol–water partition coefficient (Wildman–Crippen LogP) is 7.00. The average Bonchev–Trinajstić information content (AvgIpc) is 2.82. The van der Waals surface area contributed by atoms with Crippen LogP contribution >= 0.6 is 0 Å². The number of hydrogen-bond donors (Lipinski definition) is 2. The summed E-state index contributed by atoms with van der Waals surface area (Å²) in [6.45, 7) is 19.8. The van der Waals surface area contributed by atoms with Gasteiger partial charge in [-0.05, 0) is 71.4 Å². The number of benzene rings is 1. The van der Waals surface area contributed by atoms with Gasteiger partial charge in [0.2, 0.25) is 11.8 Å². The molecule has 222 valence electrons. The molecule has 0 aliphatic carbocycles. The molecule has 0 aromatic heterocycles. The topological polar surface area (TPSA) is 87.7 Å². The van der Waals surface area contributed by atoms with Crippen LogP contribution in [-0.4, -0.2) is 47.0 Å². The van der Waals surface area contributed by atoms with Crippen molar-refractivity contribution in [2.75, 3.05) is 6.54 Å². The van der Waals surface area contributed by atoms with Crippen LogP contribution in [0.2, 0.25) is 0 Å². The summed E-state index contributed by atoms with van der Waals surface area (Å²) in [4.78, 5) is 42.7. The summed E-state index contributed by atoms with van der Waals surface area (Å²) in [6, 6.07) is 4.38. The Morgan fingerprint density at radius 3 is 2.13 bits per heavy atom. The minimum atomic E-state index is -0.830. The molecule has 3 amide bonds. The van der Waals surface area contributed by atoms with Gasteiger partial charge in [0.1, 0.15) is 17.7 Å². The van der Waals surface area contributed by atoms with Gasteiger partial charge in [-0.1, -0.05) is 83.6 Å². The van der Waals surface area contributed by atoms with E-state index in [1.165, 1.54) is 0 Å². The lowest BCUT2D eigenvalue weighted by molar-refractivity contribution is -0.143. The van der Waals surface area contributed by atoms with E-state index < -0.39 is 23.8 Å².